The summed E-state index contributed by atoms with van der Waals surface area (Å²) < 4.78 is 5.59. The maximum atomic E-state index is 5.68. The van der Waals surface area contributed by atoms with E-state index in [1.807, 2.05) is 6.92 Å². The zero-order valence-corrected chi connectivity index (χ0v) is 12.2. The lowest BCUT2D eigenvalue weighted by Crippen LogP contribution is -2.35. The van der Waals surface area contributed by atoms with Gasteiger partial charge in [-0.25, -0.2) is 0 Å². The van der Waals surface area contributed by atoms with Gasteiger partial charge in [-0.2, -0.15) is 0 Å². The van der Waals surface area contributed by atoms with Crippen molar-refractivity contribution in [2.75, 3.05) is 26.2 Å². The lowest BCUT2D eigenvalue weighted by atomic mass is 10.0. The third-order valence-corrected chi connectivity index (χ3v) is 3.93. The Morgan fingerprint density at radius 2 is 2.26 bits per heavy atom. The minimum absolute atomic E-state index is 0.667. The fourth-order valence-corrected chi connectivity index (χ4v) is 3.01. The van der Waals surface area contributed by atoms with Crippen molar-refractivity contribution in [3.8, 4) is 5.75 Å². The van der Waals surface area contributed by atoms with Gasteiger partial charge in [0.15, 0.2) is 0 Å². The van der Waals surface area contributed by atoms with E-state index < -0.39 is 0 Å². The van der Waals surface area contributed by atoms with E-state index in [0.717, 1.165) is 31.9 Å². The Labute approximate surface area is 116 Å². The second-order valence-electron chi connectivity index (χ2n) is 5.36. The molecule has 1 saturated heterocycles. The zero-order valence-electron chi connectivity index (χ0n) is 12.2. The number of likely N-dealkylation sites (tertiary alicyclic amines) is 1. The first kappa shape index (κ1) is 14.4. The highest BCUT2D eigenvalue weighted by atomic mass is 16.5. The molecular formula is C16H26N2O. The predicted octanol–water partition coefficient (Wildman–Crippen LogP) is 2.36. The fraction of sp³-hybridized carbons (Fsp3) is 0.625. The van der Waals surface area contributed by atoms with Crippen molar-refractivity contribution in [3.63, 3.8) is 0 Å². The van der Waals surface area contributed by atoms with E-state index in [0.29, 0.717) is 6.04 Å². The summed E-state index contributed by atoms with van der Waals surface area (Å²) in [5, 5.41) is 0. The molecule has 19 heavy (non-hydrogen) atoms. The van der Waals surface area contributed by atoms with E-state index >= 15 is 0 Å². The van der Waals surface area contributed by atoms with Crippen molar-refractivity contribution in [2.24, 2.45) is 5.73 Å². The van der Waals surface area contributed by atoms with E-state index in [-0.39, 0.29) is 0 Å². The van der Waals surface area contributed by atoms with Gasteiger partial charge < -0.3 is 10.5 Å². The van der Waals surface area contributed by atoms with Crippen LogP contribution in [-0.2, 0) is 6.42 Å². The van der Waals surface area contributed by atoms with Crippen LogP contribution in [0.5, 0.6) is 5.75 Å². The summed E-state index contributed by atoms with van der Waals surface area (Å²) in [7, 11) is 0. The Morgan fingerprint density at radius 3 is 2.95 bits per heavy atom. The third-order valence-electron chi connectivity index (χ3n) is 3.93. The van der Waals surface area contributed by atoms with Gasteiger partial charge in [0, 0.05) is 19.1 Å². The highest BCUT2D eigenvalue weighted by molar-refractivity contribution is 5.36. The number of rotatable bonds is 6. The van der Waals surface area contributed by atoms with Gasteiger partial charge in [-0.3, -0.25) is 4.90 Å². The summed E-state index contributed by atoms with van der Waals surface area (Å²) in [6, 6.07) is 7.25. The molecule has 1 aliphatic heterocycles. The molecule has 1 unspecified atom stereocenters. The Morgan fingerprint density at radius 1 is 1.42 bits per heavy atom. The smallest absolute Gasteiger partial charge is 0.122 e. The van der Waals surface area contributed by atoms with Crippen LogP contribution in [0.4, 0.5) is 0 Å². The highest BCUT2D eigenvalue weighted by Crippen LogP contribution is 2.24. The molecule has 0 spiro atoms. The number of hydrogen-bond donors (Lipinski definition) is 1. The number of hydrogen-bond acceptors (Lipinski definition) is 3. The number of nitrogens with zero attached hydrogens (tertiary/aromatic N) is 1. The fourth-order valence-electron chi connectivity index (χ4n) is 3.01. The molecule has 1 aromatic rings. The zero-order chi connectivity index (χ0) is 13.7. The Hall–Kier alpha value is -1.06. The molecule has 1 heterocycles. The minimum atomic E-state index is 0.667. The van der Waals surface area contributed by atoms with Crippen LogP contribution >= 0.6 is 0 Å². The van der Waals surface area contributed by atoms with Crippen LogP contribution in [0.1, 0.15) is 30.9 Å². The van der Waals surface area contributed by atoms with Crippen LogP contribution in [0.25, 0.3) is 0 Å². The quantitative estimate of drug-likeness (QED) is 0.855. The molecule has 1 fully saturated rings. The molecule has 0 bridgehead atoms. The van der Waals surface area contributed by atoms with Crippen molar-refractivity contribution in [2.45, 2.75) is 39.2 Å². The molecule has 0 saturated carbocycles. The normalized spacial score (nSPS) is 19.8. The molecule has 2 N–H and O–H groups in total. The monoisotopic (exact) mass is 262 g/mol. The molecule has 3 heteroatoms. The van der Waals surface area contributed by atoms with E-state index in [1.165, 1.54) is 30.5 Å². The van der Waals surface area contributed by atoms with Crippen molar-refractivity contribution in [3.05, 3.63) is 29.3 Å². The van der Waals surface area contributed by atoms with Gasteiger partial charge in [-0.15, -0.1) is 0 Å². The number of benzene rings is 1. The van der Waals surface area contributed by atoms with Gasteiger partial charge in [0.25, 0.3) is 0 Å². The third kappa shape index (κ3) is 3.71. The van der Waals surface area contributed by atoms with Crippen LogP contribution in [0.3, 0.4) is 0 Å². The van der Waals surface area contributed by atoms with Crippen LogP contribution < -0.4 is 10.5 Å². The molecule has 106 valence electrons. The second-order valence-corrected chi connectivity index (χ2v) is 5.36. The summed E-state index contributed by atoms with van der Waals surface area (Å²) >= 11 is 0. The van der Waals surface area contributed by atoms with Crippen LogP contribution in [-0.4, -0.2) is 37.2 Å². The largest absolute Gasteiger partial charge is 0.494 e. The Kier molecular flexibility index (Phi) is 5.23. The van der Waals surface area contributed by atoms with E-state index in [9.17, 15) is 0 Å². The van der Waals surface area contributed by atoms with E-state index in [4.69, 9.17) is 10.5 Å². The van der Waals surface area contributed by atoms with Crippen molar-refractivity contribution in [1.82, 2.24) is 4.90 Å². The average molecular weight is 262 g/mol. The topological polar surface area (TPSA) is 38.5 Å². The van der Waals surface area contributed by atoms with Crippen LogP contribution in [0, 0.1) is 6.92 Å². The molecule has 0 amide bonds. The highest BCUT2D eigenvalue weighted by Gasteiger charge is 2.23. The molecule has 0 radical (unpaired) electrons. The number of ether oxygens (including phenoxy) is 1. The maximum Gasteiger partial charge on any atom is 0.122 e. The lowest BCUT2D eigenvalue weighted by molar-refractivity contribution is 0.259. The molecule has 1 atom stereocenters. The average Bonchev–Trinajstić information content (AvgIpc) is 2.81. The first-order chi connectivity index (χ1) is 9.24. The summed E-state index contributed by atoms with van der Waals surface area (Å²) in [5.74, 6) is 1.01. The van der Waals surface area contributed by atoms with E-state index in [1.54, 1.807) is 0 Å². The van der Waals surface area contributed by atoms with Gasteiger partial charge in [0.05, 0.1) is 6.61 Å². The van der Waals surface area contributed by atoms with Crippen molar-refractivity contribution < 1.29 is 4.74 Å². The Bertz CT molecular complexity index is 406. The van der Waals surface area contributed by atoms with E-state index in [2.05, 4.69) is 30.0 Å². The molecule has 0 aromatic heterocycles. The standard InChI is InChI=1S/C16H26N2O/c1-3-19-16-7-6-14(11-13(16)2)12-15-5-4-9-18(15)10-8-17/h6-7,11,15H,3-5,8-10,12,17H2,1-2H3. The minimum Gasteiger partial charge on any atom is -0.494 e. The second kappa shape index (κ2) is 6.92. The molecule has 3 nitrogen and oxygen atoms in total. The Balaban J connectivity index is 2.00. The first-order valence-corrected chi connectivity index (χ1v) is 7.41. The first-order valence-electron chi connectivity index (χ1n) is 7.41. The summed E-state index contributed by atoms with van der Waals surface area (Å²) in [6.45, 7) is 7.88. The summed E-state index contributed by atoms with van der Waals surface area (Å²) in [6.07, 6.45) is 3.74. The lowest BCUT2D eigenvalue weighted by Gasteiger charge is -2.24. The van der Waals surface area contributed by atoms with Gasteiger partial charge in [0.1, 0.15) is 5.75 Å². The van der Waals surface area contributed by atoms with Gasteiger partial charge in [-0.1, -0.05) is 12.1 Å². The van der Waals surface area contributed by atoms with Crippen LogP contribution in [0.2, 0.25) is 0 Å². The summed E-state index contributed by atoms with van der Waals surface area (Å²) in [4.78, 5) is 2.53. The summed E-state index contributed by atoms with van der Waals surface area (Å²) in [5.41, 5.74) is 8.33. The van der Waals surface area contributed by atoms with Crippen molar-refractivity contribution >= 4 is 0 Å². The van der Waals surface area contributed by atoms with Gasteiger partial charge in [0.2, 0.25) is 0 Å². The SMILES string of the molecule is CCOc1ccc(CC2CCCN2CCN)cc1C. The van der Waals surface area contributed by atoms with Crippen LogP contribution in [0.15, 0.2) is 18.2 Å². The molecule has 1 aliphatic rings. The van der Waals surface area contributed by atoms with Crippen molar-refractivity contribution in [1.29, 1.82) is 0 Å². The maximum absolute atomic E-state index is 5.68. The molecule has 0 aliphatic carbocycles. The van der Waals surface area contributed by atoms with Gasteiger partial charge in [-0.05, 0) is 56.8 Å². The number of nitrogens with two attached hydrogens (primary N) is 1. The molecule has 1 aromatic carbocycles. The number of aryl methyl sites for hydroxylation is 1. The van der Waals surface area contributed by atoms with Gasteiger partial charge >= 0.3 is 0 Å². The predicted molar refractivity (Wildman–Crippen MR) is 79.7 cm³/mol. The molecule has 2 rings (SSSR count). The molecular weight excluding hydrogens is 236 g/mol.